The van der Waals surface area contributed by atoms with Crippen LogP contribution in [0, 0.1) is 17.2 Å². The maximum atomic E-state index is 9.07. The zero-order valence-electron chi connectivity index (χ0n) is 13.8. The Labute approximate surface area is 137 Å². The van der Waals surface area contributed by atoms with Crippen molar-refractivity contribution in [1.82, 2.24) is 19.4 Å². The largest absolute Gasteiger partial charge is 0.333 e. The van der Waals surface area contributed by atoms with Crippen molar-refractivity contribution in [2.45, 2.75) is 19.6 Å². The molecule has 3 rings (SSSR count). The number of rotatable bonds is 4. The summed E-state index contributed by atoms with van der Waals surface area (Å²) in [6, 6.07) is 10.1. The van der Waals surface area contributed by atoms with Crippen LogP contribution in [0.15, 0.2) is 36.7 Å². The Kier molecular flexibility index (Phi) is 4.75. The molecule has 5 nitrogen and oxygen atoms in total. The van der Waals surface area contributed by atoms with Crippen molar-refractivity contribution in [2.24, 2.45) is 5.92 Å². The maximum absolute atomic E-state index is 9.07. The highest BCUT2D eigenvalue weighted by Gasteiger charge is 2.22. The van der Waals surface area contributed by atoms with Crippen molar-refractivity contribution in [3.8, 4) is 6.07 Å². The highest BCUT2D eigenvalue weighted by atomic mass is 15.2. The second-order valence-electron chi connectivity index (χ2n) is 6.61. The fourth-order valence-corrected chi connectivity index (χ4v) is 3.37. The first kappa shape index (κ1) is 15.7. The molecule has 120 valence electrons. The predicted molar refractivity (Wildman–Crippen MR) is 89.5 cm³/mol. The molecule has 0 unspecified atom stereocenters. The zero-order chi connectivity index (χ0) is 16.2. The van der Waals surface area contributed by atoms with E-state index in [0.29, 0.717) is 5.92 Å². The molecule has 2 heterocycles. The third-order valence-electron chi connectivity index (χ3n) is 4.22. The molecule has 1 aromatic carbocycles. The van der Waals surface area contributed by atoms with Gasteiger partial charge < -0.3 is 9.47 Å². The normalized spacial score (nSPS) is 18.4. The summed E-state index contributed by atoms with van der Waals surface area (Å²) in [5, 5.41) is 9.07. The van der Waals surface area contributed by atoms with E-state index in [2.05, 4.69) is 51.8 Å². The Morgan fingerprint density at radius 2 is 2.22 bits per heavy atom. The average Bonchev–Trinajstić information content (AvgIpc) is 2.87. The van der Waals surface area contributed by atoms with Crippen molar-refractivity contribution in [2.75, 3.05) is 27.2 Å². The molecule has 1 aliphatic heterocycles. The Bertz CT molecular complexity index is 697. The van der Waals surface area contributed by atoms with Gasteiger partial charge in [0.15, 0.2) is 0 Å². The van der Waals surface area contributed by atoms with E-state index in [1.54, 1.807) is 0 Å². The fraction of sp³-hybridized carbons (Fsp3) is 0.444. The van der Waals surface area contributed by atoms with Crippen LogP contribution in [0.2, 0.25) is 0 Å². The van der Waals surface area contributed by atoms with Crippen LogP contribution in [0.25, 0.3) is 0 Å². The zero-order valence-corrected chi connectivity index (χ0v) is 13.8. The van der Waals surface area contributed by atoms with Gasteiger partial charge in [-0.2, -0.15) is 5.26 Å². The second-order valence-corrected chi connectivity index (χ2v) is 6.61. The summed E-state index contributed by atoms with van der Waals surface area (Å²) in [5.41, 5.74) is 1.91. The Balaban J connectivity index is 1.78. The summed E-state index contributed by atoms with van der Waals surface area (Å²) >= 11 is 0. The number of hydrogen-bond acceptors (Lipinski definition) is 4. The van der Waals surface area contributed by atoms with Gasteiger partial charge in [-0.25, -0.2) is 4.98 Å². The standard InChI is InChI=1S/C18H23N5/c1-21(2)10-17-12-22(14-18-20-6-7-23(18)13-17)11-16-5-3-4-15(8-16)9-19/h3-8,17H,10-14H2,1-2H3/t17-/m1/s1. The second kappa shape index (κ2) is 6.95. The van der Waals surface area contributed by atoms with Gasteiger partial charge >= 0.3 is 0 Å². The molecule has 5 heteroatoms. The van der Waals surface area contributed by atoms with E-state index in [4.69, 9.17) is 5.26 Å². The van der Waals surface area contributed by atoms with E-state index in [-0.39, 0.29) is 0 Å². The highest BCUT2D eigenvalue weighted by molar-refractivity contribution is 5.32. The van der Waals surface area contributed by atoms with Crippen LogP contribution in [0.4, 0.5) is 0 Å². The lowest BCUT2D eigenvalue weighted by Crippen LogP contribution is -2.33. The van der Waals surface area contributed by atoms with Gasteiger partial charge in [0.05, 0.1) is 18.2 Å². The SMILES string of the molecule is CN(C)C[C@@H]1CN(Cc2cccc(C#N)c2)Cc2nccn2C1. The van der Waals surface area contributed by atoms with Gasteiger partial charge in [-0.3, -0.25) is 4.90 Å². The van der Waals surface area contributed by atoms with Crippen molar-refractivity contribution < 1.29 is 0 Å². The number of nitriles is 1. The number of aromatic nitrogens is 2. The summed E-state index contributed by atoms with van der Waals surface area (Å²) in [6.07, 6.45) is 3.97. The van der Waals surface area contributed by atoms with E-state index >= 15 is 0 Å². The minimum atomic E-state index is 0.569. The van der Waals surface area contributed by atoms with Gasteiger partial charge in [0.1, 0.15) is 5.82 Å². The molecular weight excluding hydrogens is 286 g/mol. The number of imidazole rings is 1. The molecule has 0 fully saturated rings. The smallest absolute Gasteiger partial charge is 0.122 e. The van der Waals surface area contributed by atoms with Crippen molar-refractivity contribution in [3.05, 3.63) is 53.6 Å². The molecule has 0 amide bonds. The Morgan fingerprint density at radius 3 is 3.00 bits per heavy atom. The minimum Gasteiger partial charge on any atom is -0.333 e. The molecule has 0 spiro atoms. The first-order valence-corrected chi connectivity index (χ1v) is 8.00. The summed E-state index contributed by atoms with van der Waals surface area (Å²) in [4.78, 5) is 9.20. The fourth-order valence-electron chi connectivity index (χ4n) is 3.37. The van der Waals surface area contributed by atoms with E-state index < -0.39 is 0 Å². The number of hydrogen-bond donors (Lipinski definition) is 0. The average molecular weight is 309 g/mol. The van der Waals surface area contributed by atoms with Crippen molar-refractivity contribution in [3.63, 3.8) is 0 Å². The van der Waals surface area contributed by atoms with Gasteiger partial charge in [0.2, 0.25) is 0 Å². The molecule has 1 aromatic heterocycles. The van der Waals surface area contributed by atoms with Gasteiger partial charge in [-0.15, -0.1) is 0 Å². The van der Waals surface area contributed by atoms with Gasteiger partial charge in [-0.05, 0) is 31.8 Å². The lowest BCUT2D eigenvalue weighted by molar-refractivity contribution is 0.194. The molecule has 0 saturated carbocycles. The quantitative estimate of drug-likeness (QED) is 0.866. The number of benzene rings is 1. The monoisotopic (exact) mass is 309 g/mol. The third-order valence-corrected chi connectivity index (χ3v) is 4.22. The summed E-state index contributed by atoms with van der Waals surface area (Å²) < 4.78 is 2.28. The van der Waals surface area contributed by atoms with E-state index in [1.807, 2.05) is 24.4 Å². The van der Waals surface area contributed by atoms with Crippen LogP contribution in [0.3, 0.4) is 0 Å². The first-order chi connectivity index (χ1) is 11.1. The van der Waals surface area contributed by atoms with Crippen LogP contribution in [0.5, 0.6) is 0 Å². The molecule has 2 aromatic rings. The summed E-state index contributed by atoms with van der Waals surface area (Å²) in [5.74, 6) is 1.70. The minimum absolute atomic E-state index is 0.569. The van der Waals surface area contributed by atoms with Gasteiger partial charge in [-0.1, -0.05) is 12.1 Å². The first-order valence-electron chi connectivity index (χ1n) is 8.00. The van der Waals surface area contributed by atoms with Crippen LogP contribution in [0.1, 0.15) is 17.0 Å². The third kappa shape index (κ3) is 3.98. The van der Waals surface area contributed by atoms with Crippen LogP contribution in [-0.4, -0.2) is 46.5 Å². The number of nitrogens with zero attached hydrogens (tertiary/aromatic N) is 5. The Morgan fingerprint density at radius 1 is 1.35 bits per heavy atom. The molecule has 1 atom stereocenters. The summed E-state index contributed by atoms with van der Waals surface area (Å²) in [6.45, 7) is 4.83. The van der Waals surface area contributed by atoms with Crippen LogP contribution in [-0.2, 0) is 19.6 Å². The summed E-state index contributed by atoms with van der Waals surface area (Å²) in [7, 11) is 4.25. The number of fused-ring (bicyclic) bond motifs is 1. The molecule has 0 N–H and O–H groups in total. The van der Waals surface area contributed by atoms with E-state index in [1.165, 1.54) is 5.56 Å². The lowest BCUT2D eigenvalue weighted by atomic mass is 10.1. The Hall–Kier alpha value is -2.16. The van der Waals surface area contributed by atoms with E-state index in [9.17, 15) is 0 Å². The maximum Gasteiger partial charge on any atom is 0.122 e. The van der Waals surface area contributed by atoms with Gasteiger partial charge in [0, 0.05) is 44.5 Å². The van der Waals surface area contributed by atoms with Crippen LogP contribution < -0.4 is 0 Å². The lowest BCUT2D eigenvalue weighted by Gasteiger charge is -2.25. The van der Waals surface area contributed by atoms with Crippen LogP contribution >= 0.6 is 0 Å². The molecule has 0 radical (unpaired) electrons. The predicted octanol–water partition coefficient (Wildman–Crippen LogP) is 1.95. The molecular formula is C18H23N5. The van der Waals surface area contributed by atoms with Crippen molar-refractivity contribution in [1.29, 1.82) is 5.26 Å². The molecule has 0 bridgehead atoms. The molecule has 23 heavy (non-hydrogen) atoms. The van der Waals surface area contributed by atoms with Crippen molar-refractivity contribution >= 4 is 0 Å². The topological polar surface area (TPSA) is 48.1 Å². The van der Waals surface area contributed by atoms with Gasteiger partial charge in [0.25, 0.3) is 0 Å². The molecule has 0 aliphatic carbocycles. The molecule has 1 aliphatic rings. The molecule has 0 saturated heterocycles. The van der Waals surface area contributed by atoms with E-state index in [0.717, 1.165) is 44.1 Å². The highest BCUT2D eigenvalue weighted by Crippen LogP contribution is 2.18.